The molecule has 0 bridgehead atoms. The van der Waals surface area contributed by atoms with Crippen molar-refractivity contribution in [3.05, 3.63) is 75.3 Å². The van der Waals surface area contributed by atoms with Crippen LogP contribution >= 0.6 is 23.2 Å². The molecule has 0 aliphatic carbocycles. The van der Waals surface area contributed by atoms with Crippen molar-refractivity contribution in [3.63, 3.8) is 0 Å². The third-order valence-electron chi connectivity index (χ3n) is 2.83. The Kier molecular flexibility index (Phi) is 4.94. The lowest BCUT2D eigenvalue weighted by molar-refractivity contribution is -0.137. The van der Waals surface area contributed by atoms with Gasteiger partial charge in [0, 0.05) is 10.6 Å². The summed E-state index contributed by atoms with van der Waals surface area (Å²) in [5, 5.41) is 0.573. The lowest BCUT2D eigenvalue weighted by atomic mass is 10.1. The highest BCUT2D eigenvalue weighted by Crippen LogP contribution is 2.30. The lowest BCUT2D eigenvalue weighted by Gasteiger charge is -2.06. The van der Waals surface area contributed by atoms with E-state index in [1.165, 1.54) is 36.4 Å². The van der Waals surface area contributed by atoms with E-state index in [1.54, 1.807) is 0 Å². The van der Waals surface area contributed by atoms with E-state index in [2.05, 4.69) is 0 Å². The van der Waals surface area contributed by atoms with Crippen LogP contribution in [0.5, 0.6) is 0 Å². The highest BCUT2D eigenvalue weighted by atomic mass is 35.5. The largest absolute Gasteiger partial charge is 0.416 e. The van der Waals surface area contributed by atoms with E-state index in [9.17, 15) is 18.0 Å². The second kappa shape index (κ2) is 6.55. The van der Waals surface area contributed by atoms with Gasteiger partial charge in [-0.25, -0.2) is 0 Å². The molecule has 22 heavy (non-hydrogen) atoms. The smallest absolute Gasteiger partial charge is 0.289 e. The van der Waals surface area contributed by atoms with Crippen molar-refractivity contribution < 1.29 is 18.0 Å². The average Bonchev–Trinajstić information content (AvgIpc) is 2.47. The minimum absolute atomic E-state index is 0.192. The van der Waals surface area contributed by atoms with Crippen molar-refractivity contribution in [1.82, 2.24) is 0 Å². The quantitative estimate of drug-likeness (QED) is 0.499. The van der Waals surface area contributed by atoms with Crippen molar-refractivity contribution in [2.45, 2.75) is 6.18 Å². The first-order valence-corrected chi connectivity index (χ1v) is 6.88. The number of alkyl halides is 3. The van der Waals surface area contributed by atoms with Crippen molar-refractivity contribution in [2.24, 2.45) is 0 Å². The van der Waals surface area contributed by atoms with Gasteiger partial charge < -0.3 is 0 Å². The first-order chi connectivity index (χ1) is 10.3. The zero-order valence-corrected chi connectivity index (χ0v) is 12.5. The Labute approximate surface area is 135 Å². The summed E-state index contributed by atoms with van der Waals surface area (Å²) in [5.41, 5.74) is -0.318. The van der Waals surface area contributed by atoms with Crippen molar-refractivity contribution >= 4 is 35.1 Å². The number of hydrogen-bond acceptors (Lipinski definition) is 1. The van der Waals surface area contributed by atoms with Gasteiger partial charge in [0.2, 0.25) is 0 Å². The molecule has 2 rings (SSSR count). The molecule has 0 aromatic heterocycles. The molecule has 0 heterocycles. The summed E-state index contributed by atoms with van der Waals surface area (Å²) in [7, 11) is 0. The van der Waals surface area contributed by atoms with Crippen LogP contribution in [0.15, 0.2) is 48.5 Å². The number of carbonyl (C=O) groups excluding carboxylic acids is 1. The highest BCUT2D eigenvalue weighted by Gasteiger charge is 2.30. The third-order valence-corrected chi connectivity index (χ3v) is 3.40. The van der Waals surface area contributed by atoms with E-state index >= 15 is 0 Å². The van der Waals surface area contributed by atoms with Crippen LogP contribution in [0.2, 0.25) is 10.0 Å². The number of allylic oxidation sites excluding steroid dienone is 1. The van der Waals surface area contributed by atoms with Crippen LogP contribution in [0.4, 0.5) is 13.2 Å². The maximum absolute atomic E-state index is 12.6. The molecule has 1 nitrogen and oxygen atoms in total. The van der Waals surface area contributed by atoms with Gasteiger partial charge in [0.05, 0.1) is 10.6 Å². The van der Waals surface area contributed by atoms with E-state index < -0.39 is 17.5 Å². The van der Waals surface area contributed by atoms with Gasteiger partial charge in [-0.2, -0.15) is 13.2 Å². The van der Waals surface area contributed by atoms with Crippen LogP contribution in [0, 0.1) is 0 Å². The van der Waals surface area contributed by atoms with Crippen LogP contribution in [0.1, 0.15) is 21.5 Å². The molecule has 0 aliphatic heterocycles. The second-order valence-electron chi connectivity index (χ2n) is 4.44. The van der Waals surface area contributed by atoms with Gasteiger partial charge in [-0.1, -0.05) is 41.4 Å². The Balaban J connectivity index is 2.25. The predicted molar refractivity (Wildman–Crippen MR) is 81.3 cm³/mol. The molecule has 0 amide bonds. The highest BCUT2D eigenvalue weighted by molar-refractivity contribution is 6.36. The molecule has 0 saturated carbocycles. The zero-order valence-electron chi connectivity index (χ0n) is 11.0. The molecule has 0 fully saturated rings. The number of rotatable bonds is 3. The van der Waals surface area contributed by atoms with E-state index in [-0.39, 0.29) is 16.1 Å². The Morgan fingerprint density at radius 3 is 2.45 bits per heavy atom. The van der Waals surface area contributed by atoms with E-state index in [4.69, 9.17) is 23.2 Å². The van der Waals surface area contributed by atoms with Crippen LogP contribution in [0.3, 0.4) is 0 Å². The first-order valence-electron chi connectivity index (χ1n) is 6.12. The molecule has 114 valence electrons. The van der Waals surface area contributed by atoms with Crippen molar-refractivity contribution in [3.8, 4) is 0 Å². The van der Waals surface area contributed by atoms with Crippen molar-refractivity contribution in [2.75, 3.05) is 0 Å². The van der Waals surface area contributed by atoms with Gasteiger partial charge in [-0.3, -0.25) is 4.79 Å². The summed E-state index contributed by atoms with van der Waals surface area (Å²) < 4.78 is 37.8. The van der Waals surface area contributed by atoms with Crippen LogP contribution in [-0.4, -0.2) is 5.78 Å². The summed E-state index contributed by atoms with van der Waals surface area (Å²) >= 11 is 11.7. The number of hydrogen-bond donors (Lipinski definition) is 0. The minimum atomic E-state index is -4.43. The molecule has 6 heteroatoms. The zero-order chi connectivity index (χ0) is 16.3. The predicted octanol–water partition coefficient (Wildman–Crippen LogP) is 5.91. The fraction of sp³-hybridized carbons (Fsp3) is 0.0625. The van der Waals surface area contributed by atoms with Crippen LogP contribution < -0.4 is 0 Å². The van der Waals surface area contributed by atoms with Gasteiger partial charge in [-0.05, 0) is 42.0 Å². The topological polar surface area (TPSA) is 17.1 Å². The Morgan fingerprint density at radius 1 is 1.05 bits per heavy atom. The van der Waals surface area contributed by atoms with Gasteiger partial charge in [0.1, 0.15) is 0 Å². The van der Waals surface area contributed by atoms with E-state index in [0.29, 0.717) is 5.02 Å². The van der Waals surface area contributed by atoms with Crippen LogP contribution in [-0.2, 0) is 6.18 Å². The summed E-state index contributed by atoms with van der Waals surface area (Å²) in [6, 6.07) is 9.10. The molecule has 2 aromatic rings. The molecule has 0 radical (unpaired) electrons. The summed E-state index contributed by atoms with van der Waals surface area (Å²) in [5.74, 6) is -0.440. The number of benzene rings is 2. The number of carbonyl (C=O) groups is 1. The maximum Gasteiger partial charge on any atom is 0.416 e. The summed E-state index contributed by atoms with van der Waals surface area (Å²) in [4.78, 5) is 12.0. The third kappa shape index (κ3) is 4.12. The molecule has 0 unspecified atom stereocenters. The fourth-order valence-electron chi connectivity index (χ4n) is 1.77. The number of halogens is 5. The molecule has 0 N–H and O–H groups in total. The monoisotopic (exact) mass is 344 g/mol. The molecule has 2 aromatic carbocycles. The SMILES string of the molecule is O=C(C=Cc1cccc(C(F)(F)F)c1)c1cc(Cl)ccc1Cl. The minimum Gasteiger partial charge on any atom is -0.289 e. The maximum atomic E-state index is 12.6. The van der Waals surface area contributed by atoms with Gasteiger partial charge in [-0.15, -0.1) is 0 Å². The Hall–Kier alpha value is -1.78. The molecular formula is C16H9Cl2F3O. The number of ketones is 1. The van der Waals surface area contributed by atoms with Crippen LogP contribution in [0.25, 0.3) is 6.08 Å². The van der Waals surface area contributed by atoms with E-state index in [0.717, 1.165) is 18.2 Å². The summed E-state index contributed by atoms with van der Waals surface area (Å²) in [6.45, 7) is 0. The lowest BCUT2D eigenvalue weighted by Crippen LogP contribution is -2.04. The Morgan fingerprint density at radius 2 is 1.77 bits per heavy atom. The van der Waals surface area contributed by atoms with Gasteiger partial charge >= 0.3 is 6.18 Å². The van der Waals surface area contributed by atoms with E-state index in [1.807, 2.05) is 0 Å². The normalized spacial score (nSPS) is 11.9. The summed E-state index contributed by atoms with van der Waals surface area (Å²) in [6.07, 6.45) is -1.97. The Bertz CT molecular complexity index is 736. The van der Waals surface area contributed by atoms with Crippen molar-refractivity contribution in [1.29, 1.82) is 0 Å². The molecule has 0 atom stereocenters. The van der Waals surface area contributed by atoms with Gasteiger partial charge in [0.15, 0.2) is 5.78 Å². The van der Waals surface area contributed by atoms with Gasteiger partial charge in [0.25, 0.3) is 0 Å². The fourth-order valence-corrected chi connectivity index (χ4v) is 2.15. The second-order valence-corrected chi connectivity index (χ2v) is 5.29. The molecule has 0 aliphatic rings. The molecule has 0 spiro atoms. The standard InChI is InChI=1S/C16H9Cl2F3O/c17-12-5-6-14(18)13(9-12)15(22)7-4-10-2-1-3-11(8-10)16(19,20)21/h1-9H. The average molecular weight is 345 g/mol. The molecular weight excluding hydrogens is 336 g/mol. The first kappa shape index (κ1) is 16.6. The molecule has 0 saturated heterocycles.